The zero-order valence-corrected chi connectivity index (χ0v) is 26.6. The quantitative estimate of drug-likeness (QED) is 0.173. The van der Waals surface area contributed by atoms with Crippen LogP contribution in [0.3, 0.4) is 0 Å². The lowest BCUT2D eigenvalue weighted by molar-refractivity contribution is -0.130. The first kappa shape index (κ1) is 29.0. The first-order valence-corrected chi connectivity index (χ1v) is 16.6. The van der Waals surface area contributed by atoms with Crippen molar-refractivity contribution in [1.29, 1.82) is 0 Å². The summed E-state index contributed by atoms with van der Waals surface area (Å²) in [5, 5.41) is 0. The van der Waals surface area contributed by atoms with E-state index in [2.05, 4.69) is 0 Å². The Morgan fingerprint density at radius 3 is 1.08 bits per heavy atom. The first-order chi connectivity index (χ1) is 24.1. The summed E-state index contributed by atoms with van der Waals surface area (Å²) in [5.74, 6) is -2.72. The van der Waals surface area contributed by atoms with Gasteiger partial charge in [0.15, 0.2) is 5.78 Å². The minimum atomic E-state index is -1.42. The van der Waals surface area contributed by atoms with E-state index in [-0.39, 0.29) is 17.6 Å². The van der Waals surface area contributed by atoms with E-state index in [1.165, 1.54) is 4.90 Å². The second kappa shape index (κ2) is 11.0. The molecule has 2 fully saturated rings. The molecular weight excluding hydrogens is 602 g/mol. The number of amides is 2. The number of rotatable bonds is 6. The number of Topliss-reactive ketones (excluding diaryl/α,β-unsaturated/α-hetero) is 1. The van der Waals surface area contributed by atoms with E-state index in [1.807, 2.05) is 176 Å². The Hall–Kier alpha value is -6.13. The highest BCUT2D eigenvalue weighted by Crippen LogP contribution is 2.74. The molecule has 0 spiro atoms. The Morgan fingerprint density at radius 2 is 0.694 bits per heavy atom. The zero-order valence-electron chi connectivity index (χ0n) is 26.6. The maximum Gasteiger partial charge on any atom is 0.239 e. The van der Waals surface area contributed by atoms with Crippen molar-refractivity contribution in [3.63, 3.8) is 0 Å². The van der Waals surface area contributed by atoms with Crippen LogP contribution >= 0.6 is 0 Å². The molecule has 0 N–H and O–H groups in total. The van der Waals surface area contributed by atoms with Crippen LogP contribution in [0.4, 0.5) is 5.69 Å². The molecule has 1 heterocycles. The molecule has 0 aromatic heterocycles. The number of hydrogen-bond acceptors (Lipinski definition) is 3. The van der Waals surface area contributed by atoms with Crippen molar-refractivity contribution >= 4 is 34.4 Å². The summed E-state index contributed by atoms with van der Waals surface area (Å²) in [7, 11) is 0. The van der Waals surface area contributed by atoms with Gasteiger partial charge in [-0.2, -0.15) is 0 Å². The summed E-state index contributed by atoms with van der Waals surface area (Å²) in [4.78, 5) is 47.7. The molecule has 6 aromatic carbocycles. The minimum Gasteiger partial charge on any atom is -0.297 e. The SMILES string of the molecule is O=C1[C@@H]2[C@@H](C(=O)N1c1ccc(-c3ccccc3)cc1)[C@@]1(c3ccccc3)C(=O)[C@@]2(c2ccccc2)C(c2ccccc2)=C1c1ccccc1. The largest absolute Gasteiger partial charge is 0.297 e. The number of imide groups is 1. The molecule has 2 bridgehead atoms. The zero-order chi connectivity index (χ0) is 33.2. The standard InChI is InChI=1S/C45H31NO3/c47-41-39-40(42(48)46(41)36-28-26-31(27-29-36)30-16-6-1-7-17-30)45(35-24-14-5-15-25-35)38(33-20-10-3-11-21-33)37(32-18-8-2-9-19-32)44(39,43(45)49)34-22-12-4-13-23-34/h1-29,39-40H/t39-,40-,44-,45-/m0/s1. The lowest BCUT2D eigenvalue weighted by atomic mass is 9.59. The van der Waals surface area contributed by atoms with Gasteiger partial charge in [-0.05, 0) is 56.7 Å². The molecule has 4 heteroatoms. The highest BCUT2D eigenvalue weighted by Gasteiger charge is 2.82. The third-order valence-corrected chi connectivity index (χ3v) is 10.8. The molecular formula is C45H31NO3. The fraction of sp³-hybridized carbons (Fsp3) is 0.0889. The van der Waals surface area contributed by atoms with Crippen molar-refractivity contribution in [2.75, 3.05) is 4.90 Å². The molecule has 2 aliphatic carbocycles. The number of carbonyl (C=O) groups is 3. The number of fused-ring (bicyclic) bond motifs is 5. The van der Waals surface area contributed by atoms with E-state index < -0.39 is 22.7 Å². The van der Waals surface area contributed by atoms with E-state index in [9.17, 15) is 0 Å². The Labute approximate surface area is 285 Å². The van der Waals surface area contributed by atoms with Crippen molar-refractivity contribution in [2.45, 2.75) is 10.8 Å². The van der Waals surface area contributed by atoms with Gasteiger partial charge in [-0.1, -0.05) is 164 Å². The van der Waals surface area contributed by atoms with Gasteiger partial charge in [-0.15, -0.1) is 0 Å². The van der Waals surface area contributed by atoms with Gasteiger partial charge >= 0.3 is 0 Å². The van der Waals surface area contributed by atoms with Gasteiger partial charge in [0.25, 0.3) is 0 Å². The van der Waals surface area contributed by atoms with Crippen molar-refractivity contribution in [3.05, 3.63) is 198 Å². The van der Waals surface area contributed by atoms with E-state index >= 15 is 14.4 Å². The van der Waals surface area contributed by atoms with Crippen LogP contribution in [0, 0.1) is 11.8 Å². The van der Waals surface area contributed by atoms with Crippen molar-refractivity contribution in [1.82, 2.24) is 0 Å². The Morgan fingerprint density at radius 1 is 0.367 bits per heavy atom. The van der Waals surface area contributed by atoms with E-state index in [1.54, 1.807) is 0 Å². The molecule has 4 nitrogen and oxygen atoms in total. The molecule has 9 rings (SSSR count). The maximum atomic E-state index is 16.0. The third kappa shape index (κ3) is 3.83. The third-order valence-electron chi connectivity index (χ3n) is 10.8. The molecule has 3 aliphatic rings. The molecule has 49 heavy (non-hydrogen) atoms. The number of nitrogens with zero attached hydrogens (tertiary/aromatic N) is 1. The average molecular weight is 634 g/mol. The topological polar surface area (TPSA) is 54.5 Å². The summed E-state index contributed by atoms with van der Waals surface area (Å²) in [6, 6.07) is 56.7. The van der Waals surface area contributed by atoms with Gasteiger partial charge in [0.1, 0.15) is 0 Å². The predicted octanol–water partition coefficient (Wildman–Crippen LogP) is 8.54. The Bertz CT molecular complexity index is 2150. The van der Waals surface area contributed by atoms with E-state index in [0.717, 1.165) is 44.5 Å². The molecule has 1 saturated heterocycles. The molecule has 4 atom stereocenters. The van der Waals surface area contributed by atoms with Crippen molar-refractivity contribution < 1.29 is 14.4 Å². The lowest BCUT2D eigenvalue weighted by Gasteiger charge is -2.39. The summed E-state index contributed by atoms with van der Waals surface area (Å²) in [6.07, 6.45) is 0. The van der Waals surface area contributed by atoms with Gasteiger partial charge in [0.2, 0.25) is 11.8 Å². The van der Waals surface area contributed by atoms with Crippen LogP contribution in [0.15, 0.2) is 176 Å². The molecule has 1 aliphatic heterocycles. The molecule has 6 aromatic rings. The van der Waals surface area contributed by atoms with Crippen LogP contribution in [-0.4, -0.2) is 17.6 Å². The second-order valence-corrected chi connectivity index (χ2v) is 13.0. The number of hydrogen-bond donors (Lipinski definition) is 0. The van der Waals surface area contributed by atoms with Gasteiger partial charge in [-0.3, -0.25) is 14.4 Å². The predicted molar refractivity (Wildman–Crippen MR) is 192 cm³/mol. The van der Waals surface area contributed by atoms with Gasteiger partial charge in [-0.25, -0.2) is 4.90 Å². The van der Waals surface area contributed by atoms with Crippen molar-refractivity contribution in [3.8, 4) is 11.1 Å². The molecule has 234 valence electrons. The number of anilines is 1. The Balaban J connectivity index is 1.36. The minimum absolute atomic E-state index is 0.120. The van der Waals surface area contributed by atoms with Crippen LogP contribution in [0.1, 0.15) is 22.3 Å². The summed E-state index contributed by atoms with van der Waals surface area (Å²) in [6.45, 7) is 0. The average Bonchev–Trinajstić information content (AvgIpc) is 3.68. The first-order valence-electron chi connectivity index (χ1n) is 16.6. The fourth-order valence-corrected chi connectivity index (χ4v) is 9.02. The summed E-state index contributed by atoms with van der Waals surface area (Å²) >= 11 is 0. The van der Waals surface area contributed by atoms with E-state index in [4.69, 9.17) is 0 Å². The summed E-state index contributed by atoms with van der Waals surface area (Å²) in [5.41, 5.74) is 4.46. The van der Waals surface area contributed by atoms with Crippen LogP contribution in [0.25, 0.3) is 22.3 Å². The van der Waals surface area contributed by atoms with Gasteiger partial charge in [0.05, 0.1) is 28.4 Å². The van der Waals surface area contributed by atoms with Crippen molar-refractivity contribution in [2.24, 2.45) is 11.8 Å². The van der Waals surface area contributed by atoms with Crippen LogP contribution in [-0.2, 0) is 25.2 Å². The maximum absolute atomic E-state index is 16.0. The summed E-state index contributed by atoms with van der Waals surface area (Å²) < 4.78 is 0. The number of allylic oxidation sites excluding steroid dienone is 2. The lowest BCUT2D eigenvalue weighted by Crippen LogP contribution is -2.45. The molecule has 1 saturated carbocycles. The fourth-order valence-electron chi connectivity index (χ4n) is 9.02. The normalized spacial score (nSPS) is 24.1. The monoisotopic (exact) mass is 633 g/mol. The van der Waals surface area contributed by atoms with Gasteiger partial charge in [0, 0.05) is 0 Å². The highest BCUT2D eigenvalue weighted by molar-refractivity contribution is 6.39. The van der Waals surface area contributed by atoms with E-state index in [0.29, 0.717) is 5.69 Å². The van der Waals surface area contributed by atoms with Crippen LogP contribution in [0.2, 0.25) is 0 Å². The molecule has 2 amide bonds. The number of ketones is 1. The Kier molecular flexibility index (Phi) is 6.50. The second-order valence-electron chi connectivity index (χ2n) is 13.0. The highest BCUT2D eigenvalue weighted by atomic mass is 16.2. The molecule has 0 radical (unpaired) electrons. The number of benzene rings is 6. The smallest absolute Gasteiger partial charge is 0.239 e. The number of carbonyl (C=O) groups excluding carboxylic acids is 3. The van der Waals surface area contributed by atoms with Crippen LogP contribution < -0.4 is 4.90 Å². The molecule has 0 unspecified atom stereocenters. The van der Waals surface area contributed by atoms with Crippen LogP contribution in [0.5, 0.6) is 0 Å². The van der Waals surface area contributed by atoms with Gasteiger partial charge < -0.3 is 0 Å².